The summed E-state index contributed by atoms with van der Waals surface area (Å²) < 4.78 is 15.6. The van der Waals surface area contributed by atoms with Crippen LogP contribution in [-0.4, -0.2) is 27.3 Å². The molecule has 0 bridgehead atoms. The van der Waals surface area contributed by atoms with Gasteiger partial charge in [0.25, 0.3) is 0 Å². The van der Waals surface area contributed by atoms with E-state index >= 15 is 0 Å². The van der Waals surface area contributed by atoms with E-state index in [9.17, 15) is 0 Å². The summed E-state index contributed by atoms with van der Waals surface area (Å²) >= 11 is 0. The summed E-state index contributed by atoms with van der Waals surface area (Å²) in [4.78, 5) is 4.34. The number of anilines is 1. The first-order chi connectivity index (χ1) is 11.7. The van der Waals surface area contributed by atoms with Crippen molar-refractivity contribution in [2.45, 2.75) is 13.2 Å². The predicted octanol–water partition coefficient (Wildman–Crippen LogP) is 2.78. The SMILES string of the molecule is COCc1ccc(CN=C(N)Nc2ccc(OC)c(OC)c2)cc1. The lowest BCUT2D eigenvalue weighted by Gasteiger charge is -2.11. The molecule has 2 rings (SSSR count). The van der Waals surface area contributed by atoms with Crippen LogP contribution in [0.1, 0.15) is 11.1 Å². The van der Waals surface area contributed by atoms with Gasteiger partial charge in [-0.05, 0) is 23.3 Å². The highest BCUT2D eigenvalue weighted by atomic mass is 16.5. The average molecular weight is 329 g/mol. The van der Waals surface area contributed by atoms with Crippen LogP contribution in [0.4, 0.5) is 5.69 Å². The van der Waals surface area contributed by atoms with Gasteiger partial charge in [0.15, 0.2) is 17.5 Å². The number of methoxy groups -OCH3 is 3. The van der Waals surface area contributed by atoms with E-state index in [0.29, 0.717) is 30.6 Å². The number of guanidine groups is 1. The smallest absolute Gasteiger partial charge is 0.193 e. The summed E-state index contributed by atoms with van der Waals surface area (Å²) in [6.07, 6.45) is 0. The van der Waals surface area contributed by atoms with E-state index in [0.717, 1.165) is 16.8 Å². The maximum absolute atomic E-state index is 5.94. The standard InChI is InChI=1S/C18H23N3O3/c1-22-12-14-6-4-13(5-7-14)11-20-18(19)21-15-8-9-16(23-2)17(10-15)24-3/h4-10H,11-12H2,1-3H3,(H3,19,20,21). The van der Waals surface area contributed by atoms with Gasteiger partial charge in [-0.1, -0.05) is 24.3 Å². The molecule has 0 aliphatic rings. The number of nitrogens with zero attached hydrogens (tertiary/aromatic N) is 1. The number of nitrogens with two attached hydrogens (primary N) is 1. The normalized spacial score (nSPS) is 11.2. The van der Waals surface area contributed by atoms with Gasteiger partial charge in [0.1, 0.15) is 0 Å². The lowest BCUT2D eigenvalue weighted by molar-refractivity contribution is 0.185. The van der Waals surface area contributed by atoms with E-state index in [-0.39, 0.29) is 0 Å². The van der Waals surface area contributed by atoms with Gasteiger partial charge in [0, 0.05) is 18.9 Å². The molecule has 2 aromatic carbocycles. The molecule has 0 saturated carbocycles. The van der Waals surface area contributed by atoms with Crippen LogP contribution in [0, 0.1) is 0 Å². The summed E-state index contributed by atoms with van der Waals surface area (Å²) in [7, 11) is 4.86. The van der Waals surface area contributed by atoms with Crippen molar-refractivity contribution in [1.82, 2.24) is 0 Å². The molecule has 0 radical (unpaired) electrons. The van der Waals surface area contributed by atoms with E-state index in [4.69, 9.17) is 19.9 Å². The molecule has 2 aromatic rings. The number of ether oxygens (including phenoxy) is 3. The second-order valence-corrected chi connectivity index (χ2v) is 5.15. The molecule has 0 unspecified atom stereocenters. The van der Waals surface area contributed by atoms with E-state index < -0.39 is 0 Å². The van der Waals surface area contributed by atoms with Crippen molar-refractivity contribution in [1.29, 1.82) is 0 Å². The molecule has 0 fully saturated rings. The zero-order chi connectivity index (χ0) is 17.4. The third-order valence-electron chi connectivity index (χ3n) is 3.42. The lowest BCUT2D eigenvalue weighted by Crippen LogP contribution is -2.22. The van der Waals surface area contributed by atoms with E-state index in [1.807, 2.05) is 36.4 Å². The highest BCUT2D eigenvalue weighted by molar-refractivity contribution is 5.92. The fourth-order valence-electron chi connectivity index (χ4n) is 2.19. The molecule has 6 heteroatoms. The molecule has 0 atom stereocenters. The van der Waals surface area contributed by atoms with Gasteiger partial charge in [-0.15, -0.1) is 0 Å². The highest BCUT2D eigenvalue weighted by Gasteiger charge is 2.05. The average Bonchev–Trinajstić information content (AvgIpc) is 2.61. The topological polar surface area (TPSA) is 78.1 Å². The Morgan fingerprint density at radius 1 is 0.958 bits per heavy atom. The molecule has 0 heterocycles. The molecule has 0 spiro atoms. The van der Waals surface area contributed by atoms with Gasteiger partial charge < -0.3 is 25.3 Å². The van der Waals surface area contributed by atoms with Crippen LogP contribution in [0.3, 0.4) is 0 Å². The minimum Gasteiger partial charge on any atom is -0.493 e. The molecule has 0 aromatic heterocycles. The fraction of sp³-hybridized carbons (Fsp3) is 0.278. The van der Waals surface area contributed by atoms with Crippen molar-refractivity contribution in [3.63, 3.8) is 0 Å². The number of hydrogen-bond acceptors (Lipinski definition) is 4. The first kappa shape index (κ1) is 17.6. The predicted molar refractivity (Wildman–Crippen MR) is 95.7 cm³/mol. The molecule has 24 heavy (non-hydrogen) atoms. The summed E-state index contributed by atoms with van der Waals surface area (Å²) in [5, 5.41) is 3.04. The van der Waals surface area contributed by atoms with Crippen molar-refractivity contribution < 1.29 is 14.2 Å². The third-order valence-corrected chi connectivity index (χ3v) is 3.42. The van der Waals surface area contributed by atoms with Crippen LogP contribution in [0.25, 0.3) is 0 Å². The molecule has 0 aliphatic carbocycles. The maximum atomic E-state index is 5.94. The van der Waals surface area contributed by atoms with Gasteiger partial charge in [0.2, 0.25) is 0 Å². The number of hydrogen-bond donors (Lipinski definition) is 2. The van der Waals surface area contributed by atoms with Gasteiger partial charge >= 0.3 is 0 Å². The zero-order valence-corrected chi connectivity index (χ0v) is 14.2. The fourth-order valence-corrected chi connectivity index (χ4v) is 2.19. The third kappa shape index (κ3) is 4.89. The molecule has 0 amide bonds. The number of rotatable bonds is 7. The molecule has 0 saturated heterocycles. The Kier molecular flexibility index (Phi) is 6.45. The number of benzene rings is 2. The Balaban J connectivity index is 1.98. The lowest BCUT2D eigenvalue weighted by atomic mass is 10.1. The van der Waals surface area contributed by atoms with Gasteiger partial charge in [0.05, 0.1) is 27.4 Å². The number of nitrogens with one attached hydrogen (secondary N) is 1. The quantitative estimate of drug-likeness (QED) is 0.603. The molecule has 6 nitrogen and oxygen atoms in total. The summed E-state index contributed by atoms with van der Waals surface area (Å²) in [5.74, 6) is 1.63. The first-order valence-corrected chi connectivity index (χ1v) is 7.52. The van der Waals surface area contributed by atoms with E-state index in [1.165, 1.54) is 0 Å². The van der Waals surface area contributed by atoms with Crippen molar-refractivity contribution in [2.24, 2.45) is 10.7 Å². The van der Waals surface area contributed by atoms with Crippen LogP contribution in [0.15, 0.2) is 47.5 Å². The maximum Gasteiger partial charge on any atom is 0.193 e. The first-order valence-electron chi connectivity index (χ1n) is 7.52. The monoisotopic (exact) mass is 329 g/mol. The Bertz CT molecular complexity index is 684. The Labute approximate surface area is 142 Å². The molecule has 3 N–H and O–H groups in total. The Morgan fingerprint density at radius 2 is 1.62 bits per heavy atom. The van der Waals surface area contributed by atoms with Gasteiger partial charge in [-0.3, -0.25) is 0 Å². The Hall–Kier alpha value is -2.73. The van der Waals surface area contributed by atoms with Gasteiger partial charge in [-0.2, -0.15) is 0 Å². The second-order valence-electron chi connectivity index (χ2n) is 5.15. The minimum atomic E-state index is 0.336. The summed E-state index contributed by atoms with van der Waals surface area (Å²) in [5.41, 5.74) is 8.92. The highest BCUT2D eigenvalue weighted by Crippen LogP contribution is 2.29. The van der Waals surface area contributed by atoms with E-state index in [1.54, 1.807) is 27.4 Å². The molecular formula is C18H23N3O3. The number of aliphatic imine (C=N–C) groups is 1. The molecule has 128 valence electrons. The van der Waals surface area contributed by atoms with Gasteiger partial charge in [-0.25, -0.2) is 4.99 Å². The van der Waals surface area contributed by atoms with Crippen LogP contribution >= 0.6 is 0 Å². The van der Waals surface area contributed by atoms with Crippen molar-refractivity contribution >= 4 is 11.6 Å². The zero-order valence-electron chi connectivity index (χ0n) is 14.2. The second kappa shape index (κ2) is 8.79. The van der Waals surface area contributed by atoms with Crippen LogP contribution in [0.2, 0.25) is 0 Å². The largest absolute Gasteiger partial charge is 0.493 e. The van der Waals surface area contributed by atoms with E-state index in [2.05, 4.69) is 10.3 Å². The van der Waals surface area contributed by atoms with Crippen molar-refractivity contribution in [2.75, 3.05) is 26.6 Å². The van der Waals surface area contributed by atoms with Crippen molar-refractivity contribution in [3.05, 3.63) is 53.6 Å². The minimum absolute atomic E-state index is 0.336. The molecular weight excluding hydrogens is 306 g/mol. The Morgan fingerprint density at radius 3 is 2.25 bits per heavy atom. The molecule has 0 aliphatic heterocycles. The van der Waals surface area contributed by atoms with Crippen LogP contribution in [0.5, 0.6) is 11.5 Å². The summed E-state index contributed by atoms with van der Waals surface area (Å²) in [6.45, 7) is 1.10. The summed E-state index contributed by atoms with van der Waals surface area (Å²) in [6, 6.07) is 13.5. The van der Waals surface area contributed by atoms with Crippen molar-refractivity contribution in [3.8, 4) is 11.5 Å². The van der Waals surface area contributed by atoms with Crippen LogP contribution in [-0.2, 0) is 17.9 Å². The van der Waals surface area contributed by atoms with Crippen LogP contribution < -0.4 is 20.5 Å².